The maximum atomic E-state index is 13.4. The zero-order valence-electron chi connectivity index (χ0n) is 29.3. The van der Waals surface area contributed by atoms with Gasteiger partial charge in [-0.05, 0) is 24.0 Å². The Morgan fingerprint density at radius 1 is 0.537 bits per heavy atom. The van der Waals surface area contributed by atoms with E-state index in [1.54, 1.807) is 0 Å². The van der Waals surface area contributed by atoms with Crippen LogP contribution >= 0.6 is 17.0 Å². The maximum absolute atomic E-state index is 13.4. The third kappa shape index (κ3) is 9.90. The summed E-state index contributed by atoms with van der Waals surface area (Å²) >= 11 is -1.65. The van der Waals surface area contributed by atoms with Crippen molar-refractivity contribution in [3.05, 3.63) is 131 Å². The van der Waals surface area contributed by atoms with Crippen LogP contribution in [0.25, 0.3) is 43.8 Å². The molecule has 0 atom stereocenters. The van der Waals surface area contributed by atoms with E-state index < -0.39 is 53.3 Å². The zero-order valence-corrected chi connectivity index (χ0v) is 34.3. The van der Waals surface area contributed by atoms with Crippen LogP contribution in [0.2, 0.25) is 13.1 Å². The number of rotatable bonds is 6. The number of hydrogen-bond donors (Lipinski definition) is 0. The molecule has 6 aromatic rings. The Balaban J connectivity index is 0.000000209. The van der Waals surface area contributed by atoms with E-state index in [0.29, 0.717) is 11.1 Å². The average molecular weight is 895 g/mol. The summed E-state index contributed by atoms with van der Waals surface area (Å²) in [4.78, 5) is 0. The molecular weight excluding hydrogens is 861 g/mol. The zero-order chi connectivity index (χ0) is 40.2. The number of benzene rings is 4. The van der Waals surface area contributed by atoms with Gasteiger partial charge in [-0.25, -0.2) is 0 Å². The Hall–Kier alpha value is -2.92. The van der Waals surface area contributed by atoms with Crippen molar-refractivity contribution in [1.82, 2.24) is 0 Å². The molecule has 0 spiro atoms. The third-order valence-electron chi connectivity index (χ3n) is 8.64. The van der Waals surface area contributed by atoms with Gasteiger partial charge in [0.05, 0.1) is 0 Å². The van der Waals surface area contributed by atoms with Crippen molar-refractivity contribution in [3.8, 4) is 22.3 Å². The molecule has 0 aliphatic carbocycles. The molecule has 288 valence electrons. The predicted molar refractivity (Wildman–Crippen MR) is 198 cm³/mol. The fourth-order valence-electron chi connectivity index (χ4n) is 5.55. The molecule has 0 aromatic heterocycles. The molecule has 0 N–H and O–H groups in total. The third-order valence-corrected chi connectivity index (χ3v) is 28.4. The summed E-state index contributed by atoms with van der Waals surface area (Å²) < 4.78 is 128. The first-order chi connectivity index (χ1) is 25.1. The van der Waals surface area contributed by atoms with Crippen molar-refractivity contribution in [2.24, 2.45) is 0 Å². The number of alkyl halides is 10. The molecule has 0 saturated heterocycles. The van der Waals surface area contributed by atoms with Crippen LogP contribution in [0.5, 0.6) is 0 Å². The molecule has 0 amide bonds. The van der Waals surface area contributed by atoms with Crippen LogP contribution in [0, 0.1) is 0 Å². The van der Waals surface area contributed by atoms with Crippen LogP contribution in [0.15, 0.2) is 109 Å². The minimum atomic E-state index is -5.60. The molecule has 0 aliphatic rings. The second-order valence-electron chi connectivity index (χ2n) is 12.6. The van der Waals surface area contributed by atoms with Gasteiger partial charge >= 0.3 is 77.7 Å². The molecule has 0 nitrogen and oxygen atoms in total. The van der Waals surface area contributed by atoms with Crippen molar-refractivity contribution < 1.29 is 61.9 Å². The van der Waals surface area contributed by atoms with Crippen LogP contribution in [-0.4, -0.2) is 17.8 Å². The van der Waals surface area contributed by atoms with E-state index in [-0.39, 0.29) is 5.43 Å². The van der Waals surface area contributed by atoms with Crippen LogP contribution in [0.4, 0.5) is 43.9 Å². The van der Waals surface area contributed by atoms with Gasteiger partial charge in [0.1, 0.15) is 0 Å². The first-order valence-corrected chi connectivity index (χ1v) is 29.1. The Morgan fingerprint density at radius 3 is 1.11 bits per heavy atom. The number of halogens is 12. The van der Waals surface area contributed by atoms with Gasteiger partial charge in [0.15, 0.2) is 0 Å². The SMILES string of the molecule is CCc1cc2c(-c3ccc(C(F)(F)C(F)(F)F)cc3)cccc2[cH-]1.CCc1cc2c(-c3ccc(C(F)(F)C(F)(F)F)cc3)cccc2[cH-]1.C[Si](C)=[Zr]([Cl])[Cl]. The molecule has 0 radical (unpaired) electrons. The molecule has 0 unspecified atom stereocenters. The van der Waals surface area contributed by atoms with E-state index in [9.17, 15) is 43.9 Å². The van der Waals surface area contributed by atoms with E-state index >= 15 is 0 Å². The normalized spacial score (nSPS) is 12.2. The van der Waals surface area contributed by atoms with E-state index in [2.05, 4.69) is 13.1 Å². The molecule has 54 heavy (non-hydrogen) atoms. The molecule has 6 aromatic carbocycles. The van der Waals surface area contributed by atoms with E-state index in [0.717, 1.165) is 80.9 Å². The summed E-state index contributed by atoms with van der Waals surface area (Å²) in [6.07, 6.45) is -9.47. The summed E-state index contributed by atoms with van der Waals surface area (Å²) in [6.45, 7) is 8.39. The molecule has 0 bridgehead atoms. The molecule has 0 saturated carbocycles. The quantitative estimate of drug-likeness (QED) is 0.0888. The minimum absolute atomic E-state index is 0.224. The van der Waals surface area contributed by atoms with Crippen LogP contribution < -0.4 is 0 Å². The standard InChI is InChI=1S/2C19H14F5.C2H6Si.2ClH.Zr/c2*1-2-12-10-14-4-3-5-16(17(14)11-12)13-6-8-15(9-7-13)18(20,21)19(22,23)24;1-3-2;;;/h2*3-11H,2H2,1H3;1-2H3;2*1H;/q2*-1;;;;+2/p-2. The second-order valence-corrected chi connectivity index (χ2v) is 35.6. The van der Waals surface area contributed by atoms with Crippen molar-refractivity contribution in [2.45, 2.75) is 64.0 Å². The van der Waals surface area contributed by atoms with Gasteiger partial charge in [-0.2, -0.15) is 56.0 Å². The van der Waals surface area contributed by atoms with Crippen molar-refractivity contribution in [2.75, 3.05) is 0 Å². The first-order valence-electron chi connectivity index (χ1n) is 16.6. The van der Waals surface area contributed by atoms with Crippen molar-refractivity contribution in [1.29, 1.82) is 0 Å². The summed E-state index contributed by atoms with van der Waals surface area (Å²) in [5.74, 6) is -9.71. The Kier molecular flexibility index (Phi) is 14.2. The van der Waals surface area contributed by atoms with Crippen LogP contribution in [0.1, 0.15) is 36.1 Å². The molecule has 14 heteroatoms. The number of hydrogen-bond acceptors (Lipinski definition) is 0. The van der Waals surface area contributed by atoms with E-state index in [4.69, 9.17) is 17.0 Å². The molecular formula is C40H34Cl2F10SiZr-2. The topological polar surface area (TPSA) is 0 Å². The fourth-order valence-corrected chi connectivity index (χ4v) is 5.55. The van der Waals surface area contributed by atoms with E-state index in [1.165, 1.54) is 24.3 Å². The Labute approximate surface area is 321 Å². The predicted octanol–water partition coefficient (Wildman–Crippen LogP) is 15.0. The van der Waals surface area contributed by atoms with Crippen molar-refractivity contribution in [3.63, 3.8) is 0 Å². The number of fused-ring (bicyclic) bond motifs is 2. The molecule has 0 heterocycles. The van der Waals surface area contributed by atoms with Gasteiger partial charge < -0.3 is 0 Å². The molecule has 0 fully saturated rings. The molecule has 6 rings (SSSR count). The number of aryl methyl sites for hydroxylation is 2. The summed E-state index contributed by atoms with van der Waals surface area (Å²) in [6, 6.07) is 28.0. The van der Waals surface area contributed by atoms with Crippen LogP contribution in [-0.2, 0) is 42.7 Å². The Morgan fingerprint density at radius 2 is 0.852 bits per heavy atom. The summed E-state index contributed by atoms with van der Waals surface area (Å²) in [7, 11) is 11.2. The van der Waals surface area contributed by atoms with Gasteiger partial charge in [-0.15, -0.1) is 69.1 Å². The summed E-state index contributed by atoms with van der Waals surface area (Å²) in [5.41, 5.74) is 2.81. The fraction of sp³-hybridized carbons (Fsp3) is 0.250. The van der Waals surface area contributed by atoms with Gasteiger partial charge in [0.25, 0.3) is 0 Å². The first kappa shape index (κ1) is 43.8. The Bertz CT molecular complexity index is 2050. The summed E-state index contributed by atoms with van der Waals surface area (Å²) in [5, 5.41) is 3.97. The van der Waals surface area contributed by atoms with Gasteiger partial charge in [-0.3, -0.25) is 0 Å². The molecule has 0 aliphatic heterocycles. The monoisotopic (exact) mass is 892 g/mol. The van der Waals surface area contributed by atoms with Crippen molar-refractivity contribution >= 4 is 44.0 Å². The van der Waals surface area contributed by atoms with Crippen LogP contribution in [0.3, 0.4) is 0 Å². The van der Waals surface area contributed by atoms with Gasteiger partial charge in [0, 0.05) is 11.1 Å². The second kappa shape index (κ2) is 17.5. The van der Waals surface area contributed by atoms with Gasteiger partial charge in [0.2, 0.25) is 0 Å². The van der Waals surface area contributed by atoms with Gasteiger partial charge in [-0.1, -0.05) is 85.6 Å². The average Bonchev–Trinajstić information content (AvgIpc) is 3.75. The van der Waals surface area contributed by atoms with E-state index in [1.807, 2.05) is 74.5 Å².